The van der Waals surface area contributed by atoms with Crippen molar-refractivity contribution in [1.82, 2.24) is 19.4 Å². The van der Waals surface area contributed by atoms with E-state index in [1.54, 1.807) is 49.3 Å². The molecule has 0 saturated carbocycles. The first kappa shape index (κ1) is 24.1. The van der Waals surface area contributed by atoms with Gasteiger partial charge in [-0.05, 0) is 60.0 Å². The molecule has 0 bridgehead atoms. The fraction of sp³-hybridized carbons (Fsp3) is 0.0968. The van der Waals surface area contributed by atoms with Gasteiger partial charge in [-0.15, -0.1) is 0 Å². The number of amides is 2. The highest BCUT2D eigenvalue weighted by Crippen LogP contribution is 2.39. The molecule has 2 amide bonds. The molecule has 0 fully saturated rings. The molecular weight excluding hydrogens is 490 g/mol. The van der Waals surface area contributed by atoms with Crippen molar-refractivity contribution in [2.24, 2.45) is 5.73 Å². The topological polar surface area (TPSA) is 114 Å². The molecule has 0 unspecified atom stereocenters. The van der Waals surface area contributed by atoms with E-state index < -0.39 is 5.91 Å². The van der Waals surface area contributed by atoms with Gasteiger partial charge in [0.25, 0.3) is 17.4 Å². The molecule has 4 aromatic carbocycles. The summed E-state index contributed by atoms with van der Waals surface area (Å²) in [4.78, 5) is 47.6. The molecule has 8 heteroatoms. The number of carbonyl (C=O) groups excluding carboxylic acids is 2. The van der Waals surface area contributed by atoms with Crippen LogP contribution < -0.4 is 11.3 Å². The molecule has 3 N–H and O–H groups in total. The number of nitrogens with zero attached hydrogens (tertiary/aromatic N) is 3. The molecule has 0 aliphatic carbocycles. The summed E-state index contributed by atoms with van der Waals surface area (Å²) in [6.07, 6.45) is 1.55. The third-order valence-corrected chi connectivity index (χ3v) is 7.19. The van der Waals surface area contributed by atoms with E-state index in [0.717, 1.165) is 33.0 Å². The second-order valence-electron chi connectivity index (χ2n) is 9.75. The number of para-hydroxylation sites is 1. The lowest BCUT2D eigenvalue weighted by atomic mass is 9.93. The molecule has 39 heavy (non-hydrogen) atoms. The Morgan fingerprint density at radius 3 is 2.49 bits per heavy atom. The van der Waals surface area contributed by atoms with Gasteiger partial charge in [0.05, 0.1) is 27.7 Å². The van der Waals surface area contributed by atoms with Crippen LogP contribution in [0.4, 0.5) is 0 Å². The van der Waals surface area contributed by atoms with E-state index in [-0.39, 0.29) is 11.5 Å². The Morgan fingerprint density at radius 2 is 1.72 bits per heavy atom. The molecule has 6 aromatic rings. The molecule has 192 valence electrons. The highest BCUT2D eigenvalue weighted by Gasteiger charge is 2.20. The summed E-state index contributed by atoms with van der Waals surface area (Å²) in [5, 5.41) is 2.21. The zero-order valence-electron chi connectivity index (χ0n) is 21.6. The van der Waals surface area contributed by atoms with Crippen LogP contribution in [0.25, 0.3) is 49.5 Å². The minimum absolute atomic E-state index is 0.121. The minimum atomic E-state index is -0.554. The first-order valence-electron chi connectivity index (χ1n) is 12.4. The highest BCUT2D eigenvalue weighted by molar-refractivity contribution is 6.20. The van der Waals surface area contributed by atoms with Crippen molar-refractivity contribution in [2.45, 2.75) is 6.92 Å². The smallest absolute Gasteiger partial charge is 0.265 e. The Hall–Kier alpha value is -5.24. The van der Waals surface area contributed by atoms with E-state index >= 15 is 0 Å². The van der Waals surface area contributed by atoms with Gasteiger partial charge in [0.1, 0.15) is 6.33 Å². The number of carbonyl (C=O) groups is 2. The maximum atomic E-state index is 13.4. The molecule has 0 radical (unpaired) electrons. The molecule has 2 heterocycles. The summed E-state index contributed by atoms with van der Waals surface area (Å²) in [6, 6.07) is 22.1. The van der Waals surface area contributed by atoms with Gasteiger partial charge in [0.2, 0.25) is 0 Å². The molecule has 0 aliphatic rings. The zero-order chi connectivity index (χ0) is 27.4. The summed E-state index contributed by atoms with van der Waals surface area (Å²) < 4.78 is 1.56. The van der Waals surface area contributed by atoms with Crippen LogP contribution in [-0.2, 0) is 0 Å². The van der Waals surface area contributed by atoms with Crippen LogP contribution in [0.1, 0.15) is 26.3 Å². The van der Waals surface area contributed by atoms with Crippen molar-refractivity contribution in [3.63, 3.8) is 0 Å². The standard InChI is InChI=1S/C31H25N5O3/c1-17-19(8-6-10-26(17)36-16-33-24-9-5-4-7-22(24)31(36)39)20-13-14-23(29(32)37)28-27(20)21-12-11-18(15-25(21)34-28)30(38)35(2)3/h4-16,34H,1-3H3,(H2,32,37). The number of aromatic amines is 1. The van der Waals surface area contributed by atoms with Crippen molar-refractivity contribution in [3.05, 3.63) is 106 Å². The van der Waals surface area contributed by atoms with E-state index in [1.807, 2.05) is 55.5 Å². The van der Waals surface area contributed by atoms with Gasteiger partial charge >= 0.3 is 0 Å². The lowest BCUT2D eigenvalue weighted by molar-refractivity contribution is 0.0827. The number of hydrogen-bond donors (Lipinski definition) is 2. The zero-order valence-corrected chi connectivity index (χ0v) is 21.6. The first-order chi connectivity index (χ1) is 18.8. The molecular formula is C31H25N5O3. The van der Waals surface area contributed by atoms with Crippen molar-refractivity contribution >= 4 is 44.5 Å². The molecule has 8 nitrogen and oxygen atoms in total. The molecule has 0 saturated heterocycles. The average molecular weight is 516 g/mol. The number of fused-ring (bicyclic) bond motifs is 4. The molecule has 0 atom stereocenters. The van der Waals surface area contributed by atoms with Gasteiger partial charge in [-0.2, -0.15) is 0 Å². The number of primary amides is 1. The Labute approximate surface area is 223 Å². The van der Waals surface area contributed by atoms with Crippen molar-refractivity contribution < 1.29 is 9.59 Å². The lowest BCUT2D eigenvalue weighted by Gasteiger charge is -2.15. The Bertz CT molecular complexity index is 2030. The largest absolute Gasteiger partial charge is 0.366 e. The Balaban J connectivity index is 1.62. The second-order valence-corrected chi connectivity index (χ2v) is 9.75. The average Bonchev–Trinajstić information content (AvgIpc) is 3.31. The van der Waals surface area contributed by atoms with Crippen molar-refractivity contribution in [1.29, 1.82) is 0 Å². The van der Waals surface area contributed by atoms with Crippen LogP contribution in [0.5, 0.6) is 0 Å². The summed E-state index contributed by atoms with van der Waals surface area (Å²) in [7, 11) is 3.40. The number of rotatable bonds is 4. The number of nitrogens with two attached hydrogens (primary N) is 1. The minimum Gasteiger partial charge on any atom is -0.366 e. The number of aromatic nitrogens is 3. The van der Waals surface area contributed by atoms with Gasteiger partial charge < -0.3 is 15.6 Å². The fourth-order valence-electron chi connectivity index (χ4n) is 5.25. The summed E-state index contributed by atoms with van der Waals surface area (Å²) in [5.41, 5.74) is 11.8. The first-order valence-corrected chi connectivity index (χ1v) is 12.4. The third-order valence-electron chi connectivity index (χ3n) is 7.19. The van der Waals surface area contributed by atoms with Crippen molar-refractivity contribution in [3.8, 4) is 16.8 Å². The van der Waals surface area contributed by atoms with Crippen LogP contribution in [-0.4, -0.2) is 45.3 Å². The van der Waals surface area contributed by atoms with E-state index in [0.29, 0.717) is 33.2 Å². The number of benzene rings is 4. The van der Waals surface area contributed by atoms with Crippen LogP contribution in [0.15, 0.2) is 83.9 Å². The predicted octanol–water partition coefficient (Wildman–Crippen LogP) is 4.80. The molecule has 0 aliphatic heterocycles. The highest BCUT2D eigenvalue weighted by atomic mass is 16.2. The summed E-state index contributed by atoms with van der Waals surface area (Å²) in [6.45, 7) is 1.96. The van der Waals surface area contributed by atoms with E-state index in [4.69, 9.17) is 5.73 Å². The molecule has 0 spiro atoms. The Kier molecular flexibility index (Phi) is 5.54. The van der Waals surface area contributed by atoms with E-state index in [2.05, 4.69) is 9.97 Å². The normalized spacial score (nSPS) is 11.4. The summed E-state index contributed by atoms with van der Waals surface area (Å²) in [5.74, 6) is -0.675. The fourth-order valence-corrected chi connectivity index (χ4v) is 5.25. The Morgan fingerprint density at radius 1 is 0.923 bits per heavy atom. The second kappa shape index (κ2) is 8.95. The summed E-state index contributed by atoms with van der Waals surface area (Å²) >= 11 is 0. The van der Waals surface area contributed by atoms with Crippen LogP contribution in [0.3, 0.4) is 0 Å². The number of hydrogen-bond acceptors (Lipinski definition) is 4. The SMILES string of the molecule is Cc1c(-c2ccc(C(N)=O)c3[nH]c4cc(C(=O)N(C)C)ccc4c23)cccc1-n1cnc2ccccc2c1=O. The van der Waals surface area contributed by atoms with Crippen molar-refractivity contribution in [2.75, 3.05) is 14.1 Å². The van der Waals surface area contributed by atoms with E-state index in [9.17, 15) is 14.4 Å². The van der Waals surface area contributed by atoms with Gasteiger partial charge in [0.15, 0.2) is 0 Å². The van der Waals surface area contributed by atoms with Crippen LogP contribution in [0.2, 0.25) is 0 Å². The maximum absolute atomic E-state index is 13.4. The number of nitrogens with one attached hydrogen (secondary N) is 1. The maximum Gasteiger partial charge on any atom is 0.265 e. The predicted molar refractivity (Wildman–Crippen MR) is 153 cm³/mol. The molecule has 2 aromatic heterocycles. The van der Waals surface area contributed by atoms with Gasteiger partial charge in [-0.3, -0.25) is 19.0 Å². The monoisotopic (exact) mass is 515 g/mol. The quantitative estimate of drug-likeness (QED) is 0.351. The van der Waals surface area contributed by atoms with Gasteiger partial charge in [-0.25, -0.2) is 4.98 Å². The van der Waals surface area contributed by atoms with Crippen LogP contribution >= 0.6 is 0 Å². The lowest BCUT2D eigenvalue weighted by Crippen LogP contribution is -2.21. The molecule has 6 rings (SSSR count). The van der Waals surface area contributed by atoms with Gasteiger partial charge in [-0.1, -0.05) is 36.4 Å². The van der Waals surface area contributed by atoms with Gasteiger partial charge in [0, 0.05) is 35.9 Å². The third kappa shape index (κ3) is 3.76. The van der Waals surface area contributed by atoms with E-state index in [1.165, 1.54) is 4.90 Å². The van der Waals surface area contributed by atoms with Crippen LogP contribution in [0, 0.1) is 6.92 Å². The number of H-pyrrole nitrogens is 1.